The first-order valence-electron chi connectivity index (χ1n) is 9.07. The Bertz CT molecular complexity index is 1140. The molecule has 0 aliphatic rings. The van der Waals surface area contributed by atoms with E-state index in [0.717, 1.165) is 39.5 Å². The third kappa shape index (κ3) is 3.02. The number of rotatable bonds is 5. The second-order valence-electron chi connectivity index (χ2n) is 6.89. The van der Waals surface area contributed by atoms with Crippen LogP contribution in [-0.4, -0.2) is 26.9 Å². The number of nitrogens with zero attached hydrogens (tertiary/aromatic N) is 4. The van der Waals surface area contributed by atoms with Crippen molar-refractivity contribution in [3.8, 4) is 16.9 Å². The molecule has 0 N–H and O–H groups in total. The molecule has 0 atom stereocenters. The molecule has 0 amide bonds. The molecule has 0 radical (unpaired) electrons. The first-order chi connectivity index (χ1) is 13.5. The maximum atomic E-state index is 14.5. The van der Waals surface area contributed by atoms with Gasteiger partial charge in [-0.2, -0.15) is 0 Å². The third-order valence-electron chi connectivity index (χ3n) is 4.99. The molecule has 0 saturated carbocycles. The van der Waals surface area contributed by atoms with Crippen LogP contribution in [0.5, 0.6) is 5.75 Å². The molecule has 3 heterocycles. The minimum Gasteiger partial charge on any atom is -0.496 e. The highest BCUT2D eigenvalue weighted by molar-refractivity contribution is 5.80. The van der Waals surface area contributed by atoms with Gasteiger partial charge in [-0.25, -0.2) is 4.39 Å². The fourth-order valence-corrected chi connectivity index (χ4v) is 3.65. The maximum absolute atomic E-state index is 14.5. The summed E-state index contributed by atoms with van der Waals surface area (Å²) >= 11 is 0. The normalized spacial score (nSPS) is 11.3. The van der Waals surface area contributed by atoms with Gasteiger partial charge in [0.05, 0.1) is 18.4 Å². The first kappa shape index (κ1) is 18.2. The van der Waals surface area contributed by atoms with Crippen molar-refractivity contribution in [3.05, 3.63) is 64.7 Å². The second kappa shape index (κ2) is 7.07. The summed E-state index contributed by atoms with van der Waals surface area (Å²) < 4.78 is 27.1. The Morgan fingerprint density at radius 3 is 2.68 bits per heavy atom. The SMILES string of the molecule is COc1cc(C)cc(F)c1CCc1ccc(-c2c(C)noc2C)c2nncn12. The molecule has 0 aliphatic carbocycles. The number of hydrogen-bond acceptors (Lipinski definition) is 5. The van der Waals surface area contributed by atoms with Crippen molar-refractivity contribution in [1.29, 1.82) is 0 Å². The van der Waals surface area contributed by atoms with E-state index in [0.29, 0.717) is 24.2 Å². The van der Waals surface area contributed by atoms with E-state index in [2.05, 4.69) is 15.4 Å². The number of aryl methyl sites for hydroxylation is 4. The van der Waals surface area contributed by atoms with E-state index in [4.69, 9.17) is 9.26 Å². The van der Waals surface area contributed by atoms with Crippen molar-refractivity contribution in [2.45, 2.75) is 33.6 Å². The number of halogens is 1. The largest absolute Gasteiger partial charge is 0.496 e. The van der Waals surface area contributed by atoms with Crippen LogP contribution in [0.15, 0.2) is 35.1 Å². The summed E-state index contributed by atoms with van der Waals surface area (Å²) in [5.74, 6) is 1.07. The summed E-state index contributed by atoms with van der Waals surface area (Å²) in [7, 11) is 1.56. The van der Waals surface area contributed by atoms with Crippen molar-refractivity contribution in [2.75, 3.05) is 7.11 Å². The van der Waals surface area contributed by atoms with Gasteiger partial charge >= 0.3 is 0 Å². The lowest BCUT2D eigenvalue weighted by Gasteiger charge is -2.12. The Kier molecular flexibility index (Phi) is 4.58. The first-order valence-corrected chi connectivity index (χ1v) is 9.07. The van der Waals surface area contributed by atoms with E-state index >= 15 is 0 Å². The minimum atomic E-state index is -0.246. The number of pyridine rings is 1. The van der Waals surface area contributed by atoms with Crippen LogP contribution in [-0.2, 0) is 12.8 Å². The standard InChI is InChI=1S/C21H21FN4O2/c1-12-9-18(22)16(19(10-12)27-4)7-5-15-6-8-17(21-24-23-11-26(15)21)20-13(2)25-28-14(20)3/h6,8-11H,5,7H2,1-4H3. The summed E-state index contributed by atoms with van der Waals surface area (Å²) in [5.41, 5.74) is 5.77. The lowest BCUT2D eigenvalue weighted by atomic mass is 10.0. The van der Waals surface area contributed by atoms with Gasteiger partial charge in [-0.15, -0.1) is 10.2 Å². The molecule has 144 valence electrons. The van der Waals surface area contributed by atoms with Crippen molar-refractivity contribution < 1.29 is 13.7 Å². The number of ether oxygens (including phenoxy) is 1. The van der Waals surface area contributed by atoms with Gasteiger partial charge in [0.25, 0.3) is 0 Å². The molecular weight excluding hydrogens is 359 g/mol. The Hall–Kier alpha value is -3.22. The summed E-state index contributed by atoms with van der Waals surface area (Å²) in [6, 6.07) is 7.39. The van der Waals surface area contributed by atoms with Crippen molar-refractivity contribution in [2.24, 2.45) is 0 Å². The molecule has 4 aromatic rings. The molecule has 0 spiro atoms. The number of hydrogen-bond donors (Lipinski definition) is 0. The lowest BCUT2D eigenvalue weighted by molar-refractivity contribution is 0.393. The molecule has 3 aromatic heterocycles. The van der Waals surface area contributed by atoms with Gasteiger partial charge in [0.2, 0.25) is 0 Å². The quantitative estimate of drug-likeness (QED) is 0.518. The topological polar surface area (TPSA) is 65.5 Å². The van der Waals surface area contributed by atoms with Crippen LogP contribution in [0, 0.1) is 26.6 Å². The fourth-order valence-electron chi connectivity index (χ4n) is 3.65. The van der Waals surface area contributed by atoms with Gasteiger partial charge in [-0.3, -0.25) is 4.40 Å². The van der Waals surface area contributed by atoms with E-state index in [1.807, 2.05) is 43.4 Å². The van der Waals surface area contributed by atoms with Crippen LogP contribution in [0.3, 0.4) is 0 Å². The van der Waals surface area contributed by atoms with E-state index in [-0.39, 0.29) is 5.82 Å². The number of aromatic nitrogens is 4. The molecule has 4 rings (SSSR count). The van der Waals surface area contributed by atoms with Crippen LogP contribution < -0.4 is 4.74 Å². The van der Waals surface area contributed by atoms with Crippen LogP contribution >= 0.6 is 0 Å². The highest BCUT2D eigenvalue weighted by Crippen LogP contribution is 2.31. The Morgan fingerprint density at radius 2 is 1.96 bits per heavy atom. The summed E-state index contributed by atoms with van der Waals surface area (Å²) in [4.78, 5) is 0. The molecule has 28 heavy (non-hydrogen) atoms. The fraction of sp³-hybridized carbons (Fsp3) is 0.286. The van der Waals surface area contributed by atoms with E-state index in [9.17, 15) is 4.39 Å². The molecule has 0 unspecified atom stereocenters. The Labute approximate surface area is 162 Å². The number of benzene rings is 1. The van der Waals surface area contributed by atoms with Gasteiger partial charge in [0.1, 0.15) is 23.7 Å². The predicted molar refractivity (Wildman–Crippen MR) is 103 cm³/mol. The lowest BCUT2D eigenvalue weighted by Crippen LogP contribution is -2.04. The van der Waals surface area contributed by atoms with Gasteiger partial charge < -0.3 is 9.26 Å². The Morgan fingerprint density at radius 1 is 1.14 bits per heavy atom. The van der Waals surface area contributed by atoms with Crippen LogP contribution in [0.1, 0.15) is 28.3 Å². The van der Waals surface area contributed by atoms with Crippen molar-refractivity contribution in [3.63, 3.8) is 0 Å². The zero-order valence-electron chi connectivity index (χ0n) is 16.3. The minimum absolute atomic E-state index is 0.246. The van der Waals surface area contributed by atoms with Gasteiger partial charge in [0.15, 0.2) is 5.65 Å². The molecule has 0 fully saturated rings. The average molecular weight is 380 g/mol. The molecule has 0 bridgehead atoms. The monoisotopic (exact) mass is 380 g/mol. The van der Waals surface area contributed by atoms with Crippen molar-refractivity contribution in [1.82, 2.24) is 19.8 Å². The van der Waals surface area contributed by atoms with Crippen molar-refractivity contribution >= 4 is 5.65 Å². The highest BCUT2D eigenvalue weighted by atomic mass is 19.1. The zero-order valence-corrected chi connectivity index (χ0v) is 16.3. The molecule has 0 saturated heterocycles. The highest BCUT2D eigenvalue weighted by Gasteiger charge is 2.18. The number of methoxy groups -OCH3 is 1. The van der Waals surface area contributed by atoms with Crippen LogP contribution in [0.2, 0.25) is 0 Å². The predicted octanol–water partition coefficient (Wildman–Crippen LogP) is 4.24. The molecule has 7 heteroatoms. The molecular formula is C21H21FN4O2. The van der Waals surface area contributed by atoms with Gasteiger partial charge in [-0.05, 0) is 63.4 Å². The Balaban J connectivity index is 1.71. The summed E-state index contributed by atoms with van der Waals surface area (Å²) in [6.07, 6.45) is 2.80. The van der Waals surface area contributed by atoms with E-state index in [1.54, 1.807) is 13.4 Å². The average Bonchev–Trinajstić information content (AvgIpc) is 3.28. The van der Waals surface area contributed by atoms with Gasteiger partial charge in [-0.1, -0.05) is 5.16 Å². The van der Waals surface area contributed by atoms with Crippen LogP contribution in [0.4, 0.5) is 4.39 Å². The second-order valence-corrected chi connectivity index (χ2v) is 6.89. The number of fused-ring (bicyclic) bond motifs is 1. The van der Waals surface area contributed by atoms with E-state index in [1.165, 1.54) is 6.07 Å². The summed E-state index contributed by atoms with van der Waals surface area (Å²) in [5, 5.41) is 12.4. The molecule has 6 nitrogen and oxygen atoms in total. The summed E-state index contributed by atoms with van der Waals surface area (Å²) in [6.45, 7) is 5.63. The smallest absolute Gasteiger partial charge is 0.168 e. The molecule has 0 aliphatic heterocycles. The third-order valence-corrected chi connectivity index (χ3v) is 4.99. The maximum Gasteiger partial charge on any atom is 0.168 e. The van der Waals surface area contributed by atoms with Crippen LogP contribution in [0.25, 0.3) is 16.8 Å². The zero-order chi connectivity index (χ0) is 19.8. The molecule has 1 aromatic carbocycles. The van der Waals surface area contributed by atoms with Gasteiger partial charge in [0, 0.05) is 16.8 Å². The van der Waals surface area contributed by atoms with E-state index < -0.39 is 0 Å².